The van der Waals surface area contributed by atoms with Crippen LogP contribution in [0.25, 0.3) is 10.9 Å². The molecule has 0 saturated carbocycles. The Morgan fingerprint density at radius 2 is 2.03 bits per heavy atom. The highest BCUT2D eigenvalue weighted by molar-refractivity contribution is 14.0. The Bertz CT molecular complexity index is 1010. The molecule has 0 aliphatic carbocycles. The summed E-state index contributed by atoms with van der Waals surface area (Å²) < 4.78 is 15.8. The summed E-state index contributed by atoms with van der Waals surface area (Å²) in [7, 11) is 1.77. The second-order valence-electron chi connectivity index (χ2n) is 7.78. The lowest BCUT2D eigenvalue weighted by atomic mass is 10.1. The lowest BCUT2D eigenvalue weighted by molar-refractivity contribution is 0.594. The van der Waals surface area contributed by atoms with Gasteiger partial charge in [-0.05, 0) is 49.4 Å². The standard InChI is InChI=1S/C22H30FN7.HI/c1-24-22(26-12-10-16-15-27-19-9-8-17(23)14-18(16)19)25-11-5-7-21-29-28-20-6-3-2-4-13-30(20)21;/h8-9,14-15,27H,2-7,10-13H2,1H3,(H2,24,25,26);1H. The van der Waals surface area contributed by atoms with Crippen molar-refractivity contribution >= 4 is 40.8 Å². The molecule has 2 aromatic heterocycles. The average Bonchev–Trinajstić information content (AvgIpc) is 3.24. The molecule has 0 radical (unpaired) electrons. The lowest BCUT2D eigenvalue weighted by Gasteiger charge is -2.12. The summed E-state index contributed by atoms with van der Waals surface area (Å²) in [4.78, 5) is 7.49. The van der Waals surface area contributed by atoms with Gasteiger partial charge in [0.2, 0.25) is 0 Å². The third kappa shape index (κ3) is 5.96. The van der Waals surface area contributed by atoms with Gasteiger partial charge in [-0.3, -0.25) is 4.99 Å². The smallest absolute Gasteiger partial charge is 0.190 e. The van der Waals surface area contributed by atoms with E-state index in [1.807, 2.05) is 6.20 Å². The Hall–Kier alpha value is -2.17. The molecule has 0 bridgehead atoms. The highest BCUT2D eigenvalue weighted by Gasteiger charge is 2.14. The molecular weight excluding hydrogens is 508 g/mol. The number of H-pyrrole nitrogens is 1. The third-order valence-corrected chi connectivity index (χ3v) is 5.70. The molecule has 0 unspecified atom stereocenters. The predicted octanol–water partition coefficient (Wildman–Crippen LogP) is 3.58. The maximum Gasteiger partial charge on any atom is 0.190 e. The Morgan fingerprint density at radius 3 is 2.90 bits per heavy atom. The molecule has 1 aliphatic rings. The van der Waals surface area contributed by atoms with Crippen LogP contribution < -0.4 is 10.6 Å². The van der Waals surface area contributed by atoms with Crippen molar-refractivity contribution in [1.82, 2.24) is 30.4 Å². The number of benzene rings is 1. The highest BCUT2D eigenvalue weighted by Crippen LogP contribution is 2.19. The lowest BCUT2D eigenvalue weighted by Crippen LogP contribution is -2.38. The molecule has 3 aromatic rings. The summed E-state index contributed by atoms with van der Waals surface area (Å²) in [6.07, 6.45) is 9.38. The summed E-state index contributed by atoms with van der Waals surface area (Å²) in [5.74, 6) is 2.81. The van der Waals surface area contributed by atoms with Gasteiger partial charge in [0.1, 0.15) is 17.5 Å². The second kappa shape index (κ2) is 11.4. The molecule has 3 N–H and O–H groups in total. The minimum absolute atomic E-state index is 0. The van der Waals surface area contributed by atoms with E-state index in [2.05, 4.69) is 35.4 Å². The van der Waals surface area contributed by atoms with Gasteiger partial charge >= 0.3 is 0 Å². The number of aromatic nitrogens is 4. The van der Waals surface area contributed by atoms with Crippen molar-refractivity contribution in [2.45, 2.75) is 51.5 Å². The van der Waals surface area contributed by atoms with Gasteiger partial charge < -0.3 is 20.2 Å². The van der Waals surface area contributed by atoms with Gasteiger partial charge in [-0.25, -0.2) is 4.39 Å². The van der Waals surface area contributed by atoms with Crippen LogP contribution in [0.15, 0.2) is 29.4 Å². The fourth-order valence-electron chi connectivity index (χ4n) is 4.08. The number of aliphatic imine (C=N–C) groups is 1. The van der Waals surface area contributed by atoms with Crippen LogP contribution in [0, 0.1) is 5.82 Å². The van der Waals surface area contributed by atoms with Crippen molar-refractivity contribution in [3.05, 3.63) is 47.4 Å². The van der Waals surface area contributed by atoms with E-state index >= 15 is 0 Å². The van der Waals surface area contributed by atoms with Gasteiger partial charge in [0, 0.05) is 56.6 Å². The van der Waals surface area contributed by atoms with E-state index in [0.29, 0.717) is 0 Å². The Balaban J connectivity index is 0.00000272. The zero-order valence-corrected chi connectivity index (χ0v) is 20.3. The van der Waals surface area contributed by atoms with E-state index in [-0.39, 0.29) is 29.8 Å². The number of rotatable bonds is 7. The predicted molar refractivity (Wildman–Crippen MR) is 133 cm³/mol. The first kappa shape index (κ1) is 23.5. The van der Waals surface area contributed by atoms with Gasteiger partial charge in [-0.1, -0.05) is 6.42 Å². The van der Waals surface area contributed by atoms with Crippen molar-refractivity contribution in [3.63, 3.8) is 0 Å². The molecule has 0 atom stereocenters. The van der Waals surface area contributed by atoms with Gasteiger partial charge in [0.15, 0.2) is 5.96 Å². The van der Waals surface area contributed by atoms with E-state index in [1.165, 1.54) is 25.3 Å². The third-order valence-electron chi connectivity index (χ3n) is 5.70. The van der Waals surface area contributed by atoms with Crippen LogP contribution in [0.5, 0.6) is 0 Å². The molecule has 31 heavy (non-hydrogen) atoms. The highest BCUT2D eigenvalue weighted by atomic mass is 127. The van der Waals surface area contributed by atoms with Crippen LogP contribution in [0.4, 0.5) is 4.39 Å². The van der Waals surface area contributed by atoms with E-state index in [4.69, 9.17) is 0 Å². The summed E-state index contributed by atoms with van der Waals surface area (Å²) in [5, 5.41) is 16.4. The fourth-order valence-corrected chi connectivity index (χ4v) is 4.08. The van der Waals surface area contributed by atoms with E-state index < -0.39 is 0 Å². The number of fused-ring (bicyclic) bond motifs is 2. The molecule has 0 spiro atoms. The fraction of sp³-hybridized carbons (Fsp3) is 0.500. The van der Waals surface area contributed by atoms with Crippen molar-refractivity contribution in [2.24, 2.45) is 4.99 Å². The number of hydrogen-bond acceptors (Lipinski definition) is 3. The minimum atomic E-state index is -0.210. The average molecular weight is 539 g/mol. The monoisotopic (exact) mass is 539 g/mol. The van der Waals surface area contributed by atoms with Crippen molar-refractivity contribution in [2.75, 3.05) is 20.1 Å². The van der Waals surface area contributed by atoms with Crippen LogP contribution in [0.3, 0.4) is 0 Å². The molecule has 0 fully saturated rings. The van der Waals surface area contributed by atoms with Gasteiger partial charge in [0.05, 0.1) is 0 Å². The zero-order chi connectivity index (χ0) is 20.8. The first-order valence-corrected chi connectivity index (χ1v) is 10.9. The molecule has 4 rings (SSSR count). The number of nitrogens with one attached hydrogen (secondary N) is 3. The SMILES string of the molecule is CN=C(NCCCc1nnc2n1CCCCC2)NCCc1c[nH]c2ccc(F)cc12.I. The summed E-state index contributed by atoms with van der Waals surface area (Å²) in [5.41, 5.74) is 2.06. The quantitative estimate of drug-likeness (QED) is 0.186. The molecule has 168 valence electrons. The number of halogens is 2. The zero-order valence-electron chi connectivity index (χ0n) is 18.0. The topological polar surface area (TPSA) is 82.9 Å². The van der Waals surface area contributed by atoms with E-state index in [1.54, 1.807) is 19.2 Å². The van der Waals surface area contributed by atoms with Gasteiger partial charge in [0.25, 0.3) is 0 Å². The normalized spacial score (nSPS) is 14.1. The van der Waals surface area contributed by atoms with Crippen LogP contribution in [-0.2, 0) is 25.8 Å². The summed E-state index contributed by atoms with van der Waals surface area (Å²) in [6.45, 7) is 2.59. The number of aromatic amines is 1. The Morgan fingerprint density at radius 1 is 1.16 bits per heavy atom. The second-order valence-corrected chi connectivity index (χ2v) is 7.78. The van der Waals surface area contributed by atoms with Crippen LogP contribution in [0.1, 0.15) is 42.9 Å². The number of hydrogen-bond donors (Lipinski definition) is 3. The van der Waals surface area contributed by atoms with E-state index in [9.17, 15) is 4.39 Å². The van der Waals surface area contributed by atoms with Crippen LogP contribution in [-0.4, -0.2) is 45.8 Å². The van der Waals surface area contributed by atoms with Crippen LogP contribution >= 0.6 is 24.0 Å². The number of aryl methyl sites for hydroxylation is 2. The van der Waals surface area contributed by atoms with Crippen molar-refractivity contribution in [3.8, 4) is 0 Å². The maximum absolute atomic E-state index is 13.5. The van der Waals surface area contributed by atoms with E-state index in [0.717, 1.165) is 79.4 Å². The minimum Gasteiger partial charge on any atom is -0.361 e. The van der Waals surface area contributed by atoms with Gasteiger partial charge in [-0.15, -0.1) is 34.2 Å². The molecule has 0 saturated heterocycles. The molecule has 3 heterocycles. The van der Waals surface area contributed by atoms with Crippen molar-refractivity contribution in [1.29, 1.82) is 0 Å². The number of guanidine groups is 1. The number of nitrogens with zero attached hydrogens (tertiary/aromatic N) is 4. The molecule has 1 aliphatic heterocycles. The molecule has 1 aromatic carbocycles. The van der Waals surface area contributed by atoms with Gasteiger partial charge in [-0.2, -0.15) is 0 Å². The Kier molecular flexibility index (Phi) is 8.68. The summed E-state index contributed by atoms with van der Waals surface area (Å²) >= 11 is 0. The Labute approximate surface area is 199 Å². The molecular formula is C22H31FIN7. The molecule has 7 nitrogen and oxygen atoms in total. The van der Waals surface area contributed by atoms with Crippen LogP contribution in [0.2, 0.25) is 0 Å². The molecule has 0 amide bonds. The largest absolute Gasteiger partial charge is 0.361 e. The summed E-state index contributed by atoms with van der Waals surface area (Å²) in [6, 6.07) is 4.83. The maximum atomic E-state index is 13.5. The molecule has 9 heteroatoms. The first-order valence-electron chi connectivity index (χ1n) is 10.9. The first-order chi connectivity index (χ1) is 14.7. The van der Waals surface area contributed by atoms with Crippen molar-refractivity contribution < 1.29 is 4.39 Å².